The van der Waals surface area contributed by atoms with Crippen LogP contribution in [0.1, 0.15) is 32.8 Å². The van der Waals surface area contributed by atoms with Crippen LogP contribution in [-0.4, -0.2) is 47.7 Å². The van der Waals surface area contributed by atoms with E-state index in [0.717, 1.165) is 5.56 Å². The molecule has 26 heavy (non-hydrogen) atoms. The van der Waals surface area contributed by atoms with Crippen LogP contribution in [0.2, 0.25) is 0 Å². The Morgan fingerprint density at radius 1 is 1.12 bits per heavy atom. The zero-order valence-electron chi connectivity index (χ0n) is 13.9. The standard InChI is InChI=1S/C17H18N4O4S/c22-16(20-10-12-1-5-18-6-2-12)13-3-7-19-15(9-13)17(23)21-14-4-8-26(24,25)11-14/h1-3,5-7,9,14H,4,8,10-11H2,(H,20,22)(H,21,23). The van der Waals surface area contributed by atoms with Gasteiger partial charge in [-0.2, -0.15) is 0 Å². The van der Waals surface area contributed by atoms with Crippen LogP contribution in [0, 0.1) is 0 Å². The molecule has 3 heterocycles. The van der Waals surface area contributed by atoms with Crippen LogP contribution < -0.4 is 10.6 Å². The molecule has 1 aliphatic rings. The van der Waals surface area contributed by atoms with E-state index < -0.39 is 21.8 Å². The third-order valence-electron chi connectivity index (χ3n) is 4.02. The summed E-state index contributed by atoms with van der Waals surface area (Å²) in [5.74, 6) is -0.814. The topological polar surface area (TPSA) is 118 Å². The molecule has 1 aliphatic heterocycles. The highest BCUT2D eigenvalue weighted by Gasteiger charge is 2.29. The molecule has 0 aliphatic carbocycles. The van der Waals surface area contributed by atoms with Crippen molar-refractivity contribution >= 4 is 21.7 Å². The maximum Gasteiger partial charge on any atom is 0.270 e. The summed E-state index contributed by atoms with van der Waals surface area (Å²) in [5.41, 5.74) is 1.28. The minimum Gasteiger partial charge on any atom is -0.348 e. The predicted octanol–water partition coefficient (Wildman–Crippen LogP) is 0.324. The summed E-state index contributed by atoms with van der Waals surface area (Å²) < 4.78 is 22.9. The third kappa shape index (κ3) is 4.63. The normalized spacial score (nSPS) is 18.2. The van der Waals surface area contributed by atoms with Gasteiger partial charge in [0.2, 0.25) is 0 Å². The fraction of sp³-hybridized carbons (Fsp3) is 0.294. The van der Waals surface area contributed by atoms with Crippen molar-refractivity contribution in [3.63, 3.8) is 0 Å². The molecule has 0 radical (unpaired) electrons. The minimum atomic E-state index is -3.08. The molecule has 8 nitrogen and oxygen atoms in total. The molecule has 0 bridgehead atoms. The Morgan fingerprint density at radius 3 is 2.58 bits per heavy atom. The van der Waals surface area contributed by atoms with E-state index >= 15 is 0 Å². The van der Waals surface area contributed by atoms with Crippen LogP contribution in [0.15, 0.2) is 42.9 Å². The molecule has 1 fully saturated rings. The van der Waals surface area contributed by atoms with Gasteiger partial charge in [-0.25, -0.2) is 8.42 Å². The van der Waals surface area contributed by atoms with E-state index in [1.165, 1.54) is 18.3 Å². The Bertz CT molecular complexity index is 915. The average Bonchev–Trinajstić information content (AvgIpc) is 2.99. The van der Waals surface area contributed by atoms with E-state index in [1.807, 2.05) is 0 Å². The van der Waals surface area contributed by atoms with Crippen molar-refractivity contribution in [2.75, 3.05) is 11.5 Å². The maximum atomic E-state index is 12.3. The van der Waals surface area contributed by atoms with Crippen molar-refractivity contribution in [1.29, 1.82) is 0 Å². The van der Waals surface area contributed by atoms with Crippen molar-refractivity contribution in [3.8, 4) is 0 Å². The first-order chi connectivity index (χ1) is 12.4. The second-order valence-corrected chi connectivity index (χ2v) is 8.27. The Labute approximate surface area is 151 Å². The monoisotopic (exact) mass is 374 g/mol. The molecule has 136 valence electrons. The molecule has 9 heteroatoms. The molecule has 0 spiro atoms. The van der Waals surface area contributed by atoms with Crippen molar-refractivity contribution < 1.29 is 18.0 Å². The van der Waals surface area contributed by atoms with Gasteiger partial charge in [0.1, 0.15) is 5.69 Å². The van der Waals surface area contributed by atoms with Gasteiger partial charge < -0.3 is 10.6 Å². The summed E-state index contributed by atoms with van der Waals surface area (Å²) in [6.07, 6.45) is 5.04. The van der Waals surface area contributed by atoms with Crippen molar-refractivity contribution in [3.05, 3.63) is 59.7 Å². The SMILES string of the molecule is O=C(NCc1ccncc1)c1ccnc(C(=O)NC2CCS(=O)(=O)C2)c1. The van der Waals surface area contributed by atoms with Gasteiger partial charge in [0.25, 0.3) is 11.8 Å². The molecule has 1 atom stereocenters. The second-order valence-electron chi connectivity index (χ2n) is 6.04. The lowest BCUT2D eigenvalue weighted by molar-refractivity contribution is 0.0936. The van der Waals surface area contributed by atoms with E-state index in [-0.39, 0.29) is 23.1 Å². The predicted molar refractivity (Wildman–Crippen MR) is 94.2 cm³/mol. The van der Waals surface area contributed by atoms with Crippen LogP contribution >= 0.6 is 0 Å². The summed E-state index contributed by atoms with van der Waals surface area (Å²) in [5, 5.41) is 5.42. The summed E-state index contributed by atoms with van der Waals surface area (Å²) in [7, 11) is -3.08. The quantitative estimate of drug-likeness (QED) is 0.778. The highest BCUT2D eigenvalue weighted by Crippen LogP contribution is 2.12. The first kappa shape index (κ1) is 18.0. The molecule has 2 aromatic heterocycles. The third-order valence-corrected chi connectivity index (χ3v) is 5.79. The maximum absolute atomic E-state index is 12.3. The molecule has 2 aromatic rings. The van der Waals surface area contributed by atoms with E-state index in [4.69, 9.17) is 0 Å². The largest absolute Gasteiger partial charge is 0.348 e. The Kier molecular flexibility index (Phi) is 5.27. The van der Waals surface area contributed by atoms with Gasteiger partial charge in [0.15, 0.2) is 9.84 Å². The average molecular weight is 374 g/mol. The summed E-state index contributed by atoms with van der Waals surface area (Å²) in [4.78, 5) is 32.4. The van der Waals surface area contributed by atoms with Crippen LogP contribution in [-0.2, 0) is 16.4 Å². The summed E-state index contributed by atoms with van der Waals surface area (Å²) in [6.45, 7) is 0.338. The fourth-order valence-electron chi connectivity index (χ4n) is 2.65. The lowest BCUT2D eigenvalue weighted by Crippen LogP contribution is -2.36. The molecule has 2 amide bonds. The number of carbonyl (C=O) groups is 2. The first-order valence-corrected chi connectivity index (χ1v) is 9.89. The zero-order valence-corrected chi connectivity index (χ0v) is 14.7. The van der Waals surface area contributed by atoms with E-state index in [0.29, 0.717) is 18.5 Å². The van der Waals surface area contributed by atoms with Gasteiger partial charge in [-0.1, -0.05) is 0 Å². The van der Waals surface area contributed by atoms with E-state index in [9.17, 15) is 18.0 Å². The Hall–Kier alpha value is -2.81. The van der Waals surface area contributed by atoms with Gasteiger partial charge >= 0.3 is 0 Å². The van der Waals surface area contributed by atoms with Crippen LogP contribution in [0.3, 0.4) is 0 Å². The fourth-order valence-corrected chi connectivity index (χ4v) is 4.32. The van der Waals surface area contributed by atoms with Gasteiger partial charge in [0.05, 0.1) is 11.5 Å². The highest BCUT2D eigenvalue weighted by molar-refractivity contribution is 7.91. The van der Waals surface area contributed by atoms with E-state index in [1.54, 1.807) is 24.5 Å². The van der Waals surface area contributed by atoms with Crippen LogP contribution in [0.4, 0.5) is 0 Å². The second kappa shape index (κ2) is 7.61. The summed E-state index contributed by atoms with van der Waals surface area (Å²) >= 11 is 0. The number of pyridine rings is 2. The molecule has 1 unspecified atom stereocenters. The number of aromatic nitrogens is 2. The molecule has 2 N–H and O–H groups in total. The lowest BCUT2D eigenvalue weighted by Gasteiger charge is -2.11. The number of sulfone groups is 1. The Morgan fingerprint density at radius 2 is 1.88 bits per heavy atom. The van der Waals surface area contributed by atoms with Crippen molar-refractivity contribution in [1.82, 2.24) is 20.6 Å². The number of nitrogens with zero attached hydrogens (tertiary/aromatic N) is 2. The number of nitrogens with one attached hydrogen (secondary N) is 2. The van der Waals surface area contributed by atoms with Gasteiger partial charge in [-0.05, 0) is 36.2 Å². The minimum absolute atomic E-state index is 0.0646. The molecule has 0 saturated carbocycles. The Balaban J connectivity index is 1.62. The van der Waals surface area contributed by atoms with Crippen LogP contribution in [0.25, 0.3) is 0 Å². The van der Waals surface area contributed by atoms with Gasteiger partial charge in [-0.15, -0.1) is 0 Å². The summed E-state index contributed by atoms with van der Waals surface area (Å²) in [6, 6.07) is 6.07. The number of hydrogen-bond acceptors (Lipinski definition) is 6. The molecule has 1 saturated heterocycles. The number of carbonyl (C=O) groups excluding carboxylic acids is 2. The van der Waals surface area contributed by atoms with Crippen molar-refractivity contribution in [2.45, 2.75) is 19.0 Å². The van der Waals surface area contributed by atoms with Gasteiger partial charge in [0, 0.05) is 36.7 Å². The number of rotatable bonds is 5. The van der Waals surface area contributed by atoms with Crippen LogP contribution in [0.5, 0.6) is 0 Å². The number of amides is 2. The molecule has 0 aromatic carbocycles. The highest BCUT2D eigenvalue weighted by atomic mass is 32.2. The van der Waals surface area contributed by atoms with Crippen molar-refractivity contribution in [2.24, 2.45) is 0 Å². The smallest absolute Gasteiger partial charge is 0.270 e. The first-order valence-electron chi connectivity index (χ1n) is 8.07. The molecular formula is C17H18N4O4S. The molecule has 3 rings (SSSR count). The van der Waals surface area contributed by atoms with E-state index in [2.05, 4.69) is 20.6 Å². The zero-order chi connectivity index (χ0) is 18.6. The molecular weight excluding hydrogens is 356 g/mol. The van der Waals surface area contributed by atoms with Gasteiger partial charge in [-0.3, -0.25) is 19.6 Å². The number of hydrogen-bond donors (Lipinski definition) is 2. The lowest BCUT2D eigenvalue weighted by atomic mass is 10.2.